The fraction of sp³-hybridized carbons (Fsp3) is 0.348. The topological polar surface area (TPSA) is 79.0 Å². The summed E-state index contributed by atoms with van der Waals surface area (Å²) in [4.78, 5) is 41.0. The first-order valence-corrected chi connectivity index (χ1v) is 11.2. The van der Waals surface area contributed by atoms with Gasteiger partial charge in [-0.2, -0.15) is 0 Å². The molecule has 1 N–H and O–H groups in total. The van der Waals surface area contributed by atoms with Gasteiger partial charge in [0.2, 0.25) is 5.91 Å². The van der Waals surface area contributed by atoms with E-state index in [1.807, 2.05) is 18.7 Å². The highest BCUT2D eigenvalue weighted by molar-refractivity contribution is 6.43. The second-order valence-corrected chi connectivity index (χ2v) is 9.10. The number of amides is 3. The Morgan fingerprint density at radius 2 is 1.61 bits per heavy atom. The lowest BCUT2D eigenvalue weighted by atomic mass is 10.1. The zero-order valence-electron chi connectivity index (χ0n) is 18.2. The number of nitrogens with one attached hydrogen (secondary N) is 1. The summed E-state index contributed by atoms with van der Waals surface area (Å²) in [6, 6.07) is 5.87. The molecule has 1 saturated heterocycles. The molecular formula is C23H22Cl2FN3O4. The van der Waals surface area contributed by atoms with Crippen LogP contribution < -0.4 is 10.2 Å². The van der Waals surface area contributed by atoms with Crippen LogP contribution in [0.3, 0.4) is 0 Å². The molecule has 3 amide bonds. The number of anilines is 2. The standard InChI is InChI=1S/C23H22Cl2FN3O4/c1-11-9-28(10-12(2)33-11)20-5-4-14(6-19(20)26)27-21(30)13(3)29-22(31)15-7-17(24)18(25)8-16(15)23(29)32/h4-8,11-13H,9-10H2,1-3H3,(H,27,30). The van der Waals surface area contributed by atoms with E-state index >= 15 is 0 Å². The Morgan fingerprint density at radius 3 is 2.12 bits per heavy atom. The van der Waals surface area contributed by atoms with Crippen LogP contribution in [0, 0.1) is 5.82 Å². The number of morpholine rings is 1. The SMILES string of the molecule is CC1CN(c2ccc(NC(=O)C(C)N3C(=O)c4cc(Cl)c(Cl)cc4C3=O)cc2F)CC(C)O1. The van der Waals surface area contributed by atoms with E-state index in [-0.39, 0.29) is 39.1 Å². The Balaban J connectivity index is 1.49. The van der Waals surface area contributed by atoms with Crippen LogP contribution in [0.4, 0.5) is 15.8 Å². The second kappa shape index (κ2) is 8.93. The smallest absolute Gasteiger partial charge is 0.262 e. The molecule has 0 radical (unpaired) electrons. The molecule has 1 fully saturated rings. The quantitative estimate of drug-likeness (QED) is 0.639. The van der Waals surface area contributed by atoms with E-state index < -0.39 is 29.6 Å². The lowest BCUT2D eigenvalue weighted by molar-refractivity contribution is -0.119. The van der Waals surface area contributed by atoms with E-state index in [4.69, 9.17) is 27.9 Å². The van der Waals surface area contributed by atoms with Gasteiger partial charge in [0.25, 0.3) is 11.8 Å². The third-order valence-corrected chi connectivity index (χ3v) is 6.42. The van der Waals surface area contributed by atoms with Crippen molar-refractivity contribution in [1.29, 1.82) is 0 Å². The fourth-order valence-electron chi connectivity index (χ4n) is 4.18. The molecule has 10 heteroatoms. The monoisotopic (exact) mass is 493 g/mol. The van der Waals surface area contributed by atoms with Crippen molar-refractivity contribution < 1.29 is 23.5 Å². The van der Waals surface area contributed by atoms with Crippen LogP contribution in [0.1, 0.15) is 41.5 Å². The molecule has 0 spiro atoms. The van der Waals surface area contributed by atoms with E-state index in [1.165, 1.54) is 25.1 Å². The third kappa shape index (κ3) is 4.43. The first-order chi connectivity index (χ1) is 15.6. The average molecular weight is 494 g/mol. The van der Waals surface area contributed by atoms with Gasteiger partial charge in [-0.1, -0.05) is 23.2 Å². The van der Waals surface area contributed by atoms with E-state index in [1.54, 1.807) is 12.1 Å². The normalized spacial score (nSPS) is 21.3. The highest BCUT2D eigenvalue weighted by atomic mass is 35.5. The summed E-state index contributed by atoms with van der Waals surface area (Å²) >= 11 is 11.9. The molecule has 174 valence electrons. The number of nitrogens with zero attached hydrogens (tertiary/aromatic N) is 2. The summed E-state index contributed by atoms with van der Waals surface area (Å²) in [7, 11) is 0. The molecule has 0 saturated carbocycles. The van der Waals surface area contributed by atoms with Crippen LogP contribution in [0.5, 0.6) is 0 Å². The number of carbonyl (C=O) groups is 3. The number of hydrogen-bond donors (Lipinski definition) is 1. The van der Waals surface area contributed by atoms with Crippen molar-refractivity contribution in [2.75, 3.05) is 23.3 Å². The molecule has 0 bridgehead atoms. The predicted molar refractivity (Wildman–Crippen MR) is 124 cm³/mol. The first-order valence-electron chi connectivity index (χ1n) is 10.4. The van der Waals surface area contributed by atoms with E-state index in [9.17, 15) is 18.8 Å². The van der Waals surface area contributed by atoms with Crippen LogP contribution in [0.2, 0.25) is 10.0 Å². The number of fused-ring (bicyclic) bond motifs is 1. The van der Waals surface area contributed by atoms with Crippen molar-refractivity contribution in [2.24, 2.45) is 0 Å². The Labute approximate surface area is 200 Å². The van der Waals surface area contributed by atoms with Gasteiger partial charge in [0.1, 0.15) is 11.9 Å². The van der Waals surface area contributed by atoms with Gasteiger partial charge in [-0.05, 0) is 51.1 Å². The summed E-state index contributed by atoms with van der Waals surface area (Å²) in [6.07, 6.45) is -0.0596. The molecule has 33 heavy (non-hydrogen) atoms. The molecule has 2 aromatic carbocycles. The minimum absolute atomic E-state index is 0.0298. The molecule has 2 aliphatic rings. The lowest BCUT2D eigenvalue weighted by Crippen LogP contribution is -2.46. The minimum atomic E-state index is -1.14. The Morgan fingerprint density at radius 1 is 1.06 bits per heavy atom. The highest BCUT2D eigenvalue weighted by Crippen LogP contribution is 2.33. The van der Waals surface area contributed by atoms with Gasteiger partial charge in [-0.25, -0.2) is 4.39 Å². The fourth-order valence-corrected chi connectivity index (χ4v) is 4.51. The lowest BCUT2D eigenvalue weighted by Gasteiger charge is -2.37. The third-order valence-electron chi connectivity index (χ3n) is 5.70. The Kier molecular flexibility index (Phi) is 6.35. The zero-order chi connectivity index (χ0) is 24.0. The molecule has 7 nitrogen and oxygen atoms in total. The number of rotatable bonds is 4. The van der Waals surface area contributed by atoms with Crippen LogP contribution >= 0.6 is 23.2 Å². The number of carbonyl (C=O) groups excluding carboxylic acids is 3. The minimum Gasteiger partial charge on any atom is -0.372 e. The van der Waals surface area contributed by atoms with Gasteiger partial charge in [0, 0.05) is 18.8 Å². The molecule has 3 unspecified atom stereocenters. The molecule has 0 aromatic heterocycles. The Hall–Kier alpha value is -2.68. The zero-order valence-corrected chi connectivity index (χ0v) is 19.7. The molecule has 2 heterocycles. The van der Waals surface area contributed by atoms with Gasteiger partial charge in [0.05, 0.1) is 39.1 Å². The molecule has 2 aliphatic heterocycles. The average Bonchev–Trinajstić information content (AvgIpc) is 2.96. The largest absolute Gasteiger partial charge is 0.372 e. The number of imide groups is 1. The summed E-state index contributed by atoms with van der Waals surface area (Å²) in [5, 5.41) is 2.85. The number of hydrogen-bond acceptors (Lipinski definition) is 5. The number of benzene rings is 2. The van der Waals surface area contributed by atoms with Crippen LogP contribution in [-0.2, 0) is 9.53 Å². The van der Waals surface area contributed by atoms with Gasteiger partial charge in [-0.3, -0.25) is 19.3 Å². The van der Waals surface area contributed by atoms with Crippen LogP contribution in [0.15, 0.2) is 30.3 Å². The maximum Gasteiger partial charge on any atom is 0.262 e. The summed E-state index contributed by atoms with van der Waals surface area (Å²) in [5.74, 6) is -2.42. The van der Waals surface area contributed by atoms with Crippen molar-refractivity contribution in [3.8, 4) is 0 Å². The van der Waals surface area contributed by atoms with Crippen molar-refractivity contribution in [2.45, 2.75) is 39.0 Å². The molecule has 0 aliphatic carbocycles. The molecule has 4 rings (SSSR count). The summed E-state index contributed by atoms with van der Waals surface area (Å²) in [5.41, 5.74) is 0.791. The number of halogens is 3. The van der Waals surface area contributed by atoms with E-state index in [0.29, 0.717) is 18.8 Å². The van der Waals surface area contributed by atoms with Crippen LogP contribution in [-0.4, -0.2) is 54.0 Å². The number of ether oxygens (including phenoxy) is 1. The van der Waals surface area contributed by atoms with Gasteiger partial charge < -0.3 is 15.0 Å². The molecule has 2 aromatic rings. The summed E-state index contributed by atoms with van der Waals surface area (Å²) in [6.45, 7) is 6.38. The van der Waals surface area contributed by atoms with E-state index in [0.717, 1.165) is 4.90 Å². The maximum absolute atomic E-state index is 14.8. The Bertz CT molecular complexity index is 1110. The second-order valence-electron chi connectivity index (χ2n) is 8.29. The molecule has 3 atom stereocenters. The summed E-state index contributed by atoms with van der Waals surface area (Å²) < 4.78 is 20.5. The maximum atomic E-state index is 14.8. The molecular weight excluding hydrogens is 472 g/mol. The first kappa shape index (κ1) is 23.5. The van der Waals surface area contributed by atoms with Gasteiger partial charge >= 0.3 is 0 Å². The van der Waals surface area contributed by atoms with Crippen molar-refractivity contribution >= 4 is 52.3 Å². The van der Waals surface area contributed by atoms with Gasteiger partial charge in [-0.15, -0.1) is 0 Å². The van der Waals surface area contributed by atoms with Gasteiger partial charge in [0.15, 0.2) is 0 Å². The highest BCUT2D eigenvalue weighted by Gasteiger charge is 2.41. The van der Waals surface area contributed by atoms with Crippen molar-refractivity contribution in [1.82, 2.24) is 4.90 Å². The van der Waals surface area contributed by atoms with Crippen molar-refractivity contribution in [3.63, 3.8) is 0 Å². The van der Waals surface area contributed by atoms with Crippen LogP contribution in [0.25, 0.3) is 0 Å². The van der Waals surface area contributed by atoms with E-state index in [2.05, 4.69) is 5.32 Å². The van der Waals surface area contributed by atoms with Crippen molar-refractivity contribution in [3.05, 3.63) is 57.3 Å². The predicted octanol–water partition coefficient (Wildman–Crippen LogP) is 4.37.